The monoisotopic (exact) mass is 552 g/mol. The molecule has 0 atom stereocenters. The minimum atomic E-state index is 0. The Hall–Kier alpha value is -2.21. The van der Waals surface area contributed by atoms with Gasteiger partial charge in [0, 0.05) is 56.8 Å². The van der Waals surface area contributed by atoms with Gasteiger partial charge < -0.3 is 19.7 Å². The highest BCUT2D eigenvalue weighted by molar-refractivity contribution is 14.0. The third-order valence-corrected chi connectivity index (χ3v) is 6.03. The second kappa shape index (κ2) is 12.0. The molecule has 10 heteroatoms. The number of piperazine rings is 1. The molecule has 1 N–H and O–H groups in total. The maximum Gasteiger partial charge on any atom is 0.194 e. The molecule has 0 unspecified atom stereocenters. The van der Waals surface area contributed by atoms with Gasteiger partial charge in [0.2, 0.25) is 0 Å². The van der Waals surface area contributed by atoms with Gasteiger partial charge in [0.1, 0.15) is 18.0 Å². The molecule has 1 saturated heterocycles. The highest BCUT2D eigenvalue weighted by atomic mass is 127. The first kappa shape index (κ1) is 23.5. The average molecular weight is 552 g/mol. The summed E-state index contributed by atoms with van der Waals surface area (Å²) in [4.78, 5) is 15.4. The van der Waals surface area contributed by atoms with Crippen molar-refractivity contribution in [2.45, 2.75) is 26.4 Å². The number of aromatic nitrogens is 4. The second-order valence-electron chi connectivity index (χ2n) is 7.10. The topological polar surface area (TPSA) is 74.5 Å². The molecule has 1 aliphatic heterocycles. The number of halogens is 1. The highest BCUT2D eigenvalue weighted by Gasteiger charge is 2.20. The lowest BCUT2D eigenvalue weighted by Gasteiger charge is -2.37. The molecule has 3 aromatic rings. The number of aliphatic imine (C=N–C) groups is 1. The van der Waals surface area contributed by atoms with Crippen LogP contribution in [0.15, 0.2) is 53.2 Å². The summed E-state index contributed by atoms with van der Waals surface area (Å²) >= 11 is 1.75. The molecule has 0 aromatic carbocycles. The molecule has 4 heterocycles. The van der Waals surface area contributed by atoms with E-state index in [0.29, 0.717) is 6.54 Å². The largest absolute Gasteiger partial charge is 0.354 e. The lowest BCUT2D eigenvalue weighted by molar-refractivity contribution is 0.369. The van der Waals surface area contributed by atoms with E-state index >= 15 is 0 Å². The minimum Gasteiger partial charge on any atom is -0.354 e. The van der Waals surface area contributed by atoms with Crippen LogP contribution in [-0.4, -0.2) is 63.3 Å². The molecular weight excluding hydrogens is 523 g/mol. The predicted octanol–water partition coefficient (Wildman–Crippen LogP) is 2.88. The van der Waals surface area contributed by atoms with E-state index in [9.17, 15) is 0 Å². The van der Waals surface area contributed by atoms with Crippen LogP contribution in [0.5, 0.6) is 0 Å². The smallest absolute Gasteiger partial charge is 0.194 e. The van der Waals surface area contributed by atoms with Crippen molar-refractivity contribution in [3.63, 3.8) is 0 Å². The van der Waals surface area contributed by atoms with Gasteiger partial charge in [-0.3, -0.25) is 0 Å². The van der Waals surface area contributed by atoms with Crippen molar-refractivity contribution >= 4 is 47.1 Å². The average Bonchev–Trinajstić information content (AvgIpc) is 3.49. The van der Waals surface area contributed by atoms with Crippen LogP contribution in [0.2, 0.25) is 0 Å². The third kappa shape index (κ3) is 6.39. The van der Waals surface area contributed by atoms with Crippen LogP contribution in [0, 0.1) is 0 Å². The molecule has 166 valence electrons. The summed E-state index contributed by atoms with van der Waals surface area (Å²) < 4.78 is 2.10. The number of nitrogens with one attached hydrogen (secondary N) is 1. The van der Waals surface area contributed by atoms with E-state index in [-0.39, 0.29) is 24.0 Å². The van der Waals surface area contributed by atoms with Gasteiger partial charge in [-0.1, -0.05) is 19.1 Å². The standard InChI is InChI=1S/C21H28N8S.HI/c1-2-19-26-25-17-29(19)10-9-23-21(24-16-18-6-5-15-30-18)28-13-11-27(12-14-28)20-7-3-4-8-22-20;/h3-8,15,17H,2,9-14,16H2,1H3,(H,23,24);1H. The molecule has 3 aromatic heterocycles. The van der Waals surface area contributed by atoms with E-state index in [0.717, 1.165) is 63.3 Å². The van der Waals surface area contributed by atoms with E-state index in [2.05, 4.69) is 65.4 Å². The van der Waals surface area contributed by atoms with Gasteiger partial charge in [0.15, 0.2) is 5.96 Å². The van der Waals surface area contributed by atoms with Crippen LogP contribution >= 0.6 is 35.3 Å². The fourth-order valence-electron chi connectivity index (χ4n) is 3.54. The normalized spacial score (nSPS) is 14.4. The second-order valence-corrected chi connectivity index (χ2v) is 8.13. The van der Waals surface area contributed by atoms with Gasteiger partial charge in [-0.05, 0) is 23.6 Å². The summed E-state index contributed by atoms with van der Waals surface area (Å²) in [6.45, 7) is 8.11. The fourth-order valence-corrected chi connectivity index (χ4v) is 4.17. The molecule has 1 fully saturated rings. The van der Waals surface area contributed by atoms with Crippen molar-refractivity contribution in [2.24, 2.45) is 4.99 Å². The Bertz CT molecular complexity index is 920. The molecule has 8 nitrogen and oxygen atoms in total. The zero-order valence-electron chi connectivity index (χ0n) is 17.7. The molecule has 0 saturated carbocycles. The number of thiophene rings is 1. The van der Waals surface area contributed by atoms with Crippen LogP contribution in [0.1, 0.15) is 17.6 Å². The summed E-state index contributed by atoms with van der Waals surface area (Å²) in [5.41, 5.74) is 0. The number of guanidine groups is 1. The lowest BCUT2D eigenvalue weighted by atomic mass is 10.3. The van der Waals surface area contributed by atoms with Crippen LogP contribution in [0.3, 0.4) is 0 Å². The summed E-state index contributed by atoms with van der Waals surface area (Å²) in [6.07, 6.45) is 4.54. The predicted molar refractivity (Wildman–Crippen MR) is 136 cm³/mol. The molecule has 1 aliphatic rings. The summed E-state index contributed by atoms with van der Waals surface area (Å²) in [5, 5.41) is 13.9. The lowest BCUT2D eigenvalue weighted by Crippen LogP contribution is -2.53. The number of hydrogen-bond donors (Lipinski definition) is 1. The van der Waals surface area contributed by atoms with Gasteiger partial charge in [-0.25, -0.2) is 9.98 Å². The maximum atomic E-state index is 4.92. The van der Waals surface area contributed by atoms with E-state index in [1.807, 2.05) is 18.3 Å². The van der Waals surface area contributed by atoms with Crippen LogP contribution < -0.4 is 10.2 Å². The Morgan fingerprint density at radius 2 is 2.03 bits per heavy atom. The number of pyridine rings is 1. The molecule has 0 aliphatic carbocycles. The van der Waals surface area contributed by atoms with Crippen molar-refractivity contribution in [2.75, 3.05) is 37.6 Å². The highest BCUT2D eigenvalue weighted by Crippen LogP contribution is 2.14. The number of aryl methyl sites for hydroxylation is 1. The summed E-state index contributed by atoms with van der Waals surface area (Å²) in [7, 11) is 0. The molecule has 4 rings (SSSR count). The summed E-state index contributed by atoms with van der Waals surface area (Å²) in [6, 6.07) is 10.3. The van der Waals surface area contributed by atoms with Gasteiger partial charge in [-0.15, -0.1) is 45.5 Å². The van der Waals surface area contributed by atoms with Crippen molar-refractivity contribution in [3.05, 3.63) is 58.9 Å². The van der Waals surface area contributed by atoms with Crippen molar-refractivity contribution in [1.29, 1.82) is 0 Å². The number of anilines is 1. The number of rotatable bonds is 7. The molecule has 0 amide bonds. The first-order chi connectivity index (χ1) is 14.8. The van der Waals surface area contributed by atoms with Gasteiger partial charge in [0.05, 0.1) is 6.54 Å². The number of hydrogen-bond acceptors (Lipinski definition) is 6. The molecule has 31 heavy (non-hydrogen) atoms. The van der Waals surface area contributed by atoms with Crippen LogP contribution in [-0.2, 0) is 19.5 Å². The minimum absolute atomic E-state index is 0. The Kier molecular flexibility index (Phi) is 9.07. The zero-order valence-corrected chi connectivity index (χ0v) is 20.9. The Labute approximate surface area is 204 Å². The van der Waals surface area contributed by atoms with Gasteiger partial charge in [0.25, 0.3) is 0 Å². The van der Waals surface area contributed by atoms with E-state index in [1.54, 1.807) is 17.7 Å². The van der Waals surface area contributed by atoms with Crippen molar-refractivity contribution in [3.8, 4) is 0 Å². The van der Waals surface area contributed by atoms with Gasteiger partial charge in [-0.2, -0.15) is 0 Å². The maximum absolute atomic E-state index is 4.92. The molecular formula is C21H29IN8S. The van der Waals surface area contributed by atoms with Gasteiger partial charge >= 0.3 is 0 Å². The fraction of sp³-hybridized carbons (Fsp3) is 0.429. The van der Waals surface area contributed by atoms with Crippen molar-refractivity contribution in [1.82, 2.24) is 30.0 Å². The Morgan fingerprint density at radius 1 is 1.16 bits per heavy atom. The molecule has 0 radical (unpaired) electrons. The first-order valence-electron chi connectivity index (χ1n) is 10.4. The van der Waals surface area contributed by atoms with E-state index in [4.69, 9.17) is 4.99 Å². The number of nitrogens with zero attached hydrogens (tertiary/aromatic N) is 7. The molecule has 0 bridgehead atoms. The van der Waals surface area contributed by atoms with E-state index < -0.39 is 0 Å². The van der Waals surface area contributed by atoms with Crippen molar-refractivity contribution < 1.29 is 0 Å². The Morgan fingerprint density at radius 3 is 2.74 bits per heavy atom. The Balaban J connectivity index is 0.00000272. The quantitative estimate of drug-likeness (QED) is 0.276. The SMILES string of the molecule is CCc1nncn1CCNC(=NCc1cccs1)N1CCN(c2ccccn2)CC1.I. The first-order valence-corrected chi connectivity index (χ1v) is 11.3. The third-order valence-electron chi connectivity index (χ3n) is 5.17. The van der Waals surface area contributed by atoms with Crippen LogP contribution in [0.4, 0.5) is 5.82 Å². The van der Waals surface area contributed by atoms with Crippen LogP contribution in [0.25, 0.3) is 0 Å². The molecule has 0 spiro atoms. The van der Waals surface area contributed by atoms with E-state index in [1.165, 1.54) is 4.88 Å². The zero-order chi connectivity index (χ0) is 20.6. The summed E-state index contributed by atoms with van der Waals surface area (Å²) in [5.74, 6) is 3.02.